The van der Waals surface area contributed by atoms with E-state index in [1.165, 1.54) is 5.56 Å². The molecule has 1 rings (SSSR count). The van der Waals surface area contributed by atoms with Gasteiger partial charge in [-0.2, -0.15) is 0 Å². The van der Waals surface area contributed by atoms with Crippen LogP contribution in [0.5, 0.6) is 5.75 Å². The summed E-state index contributed by atoms with van der Waals surface area (Å²) >= 11 is 3.53. The van der Waals surface area contributed by atoms with Crippen LogP contribution in [0.15, 0.2) is 34.8 Å². The zero-order valence-corrected chi connectivity index (χ0v) is 12.1. The molecule has 0 aromatic heterocycles. The molecule has 0 radical (unpaired) electrons. The minimum atomic E-state index is 0.585. The smallest absolute Gasteiger partial charge is 0.133 e. The van der Waals surface area contributed by atoms with Crippen molar-refractivity contribution in [2.75, 3.05) is 13.2 Å². The first-order valence-corrected chi connectivity index (χ1v) is 6.75. The standard InChI is InChI=1S/C14H20BrNO/c1-4-11(3)10-17-14-7-6-12(8-13(14)15)9-16-5-2/h6-8,16H,3-5,9-10H2,1-2H3. The van der Waals surface area contributed by atoms with Gasteiger partial charge >= 0.3 is 0 Å². The van der Waals surface area contributed by atoms with Crippen LogP contribution < -0.4 is 10.1 Å². The van der Waals surface area contributed by atoms with Crippen LogP contribution in [-0.4, -0.2) is 13.2 Å². The van der Waals surface area contributed by atoms with Crippen LogP contribution >= 0.6 is 15.9 Å². The molecule has 1 aromatic rings. The predicted molar refractivity (Wildman–Crippen MR) is 76.4 cm³/mol. The summed E-state index contributed by atoms with van der Waals surface area (Å²) < 4.78 is 6.68. The van der Waals surface area contributed by atoms with Gasteiger partial charge < -0.3 is 10.1 Å². The third-order valence-electron chi connectivity index (χ3n) is 2.51. The Hall–Kier alpha value is -0.800. The van der Waals surface area contributed by atoms with Gasteiger partial charge in [0.25, 0.3) is 0 Å². The Morgan fingerprint density at radius 3 is 2.76 bits per heavy atom. The van der Waals surface area contributed by atoms with E-state index in [0.717, 1.165) is 35.3 Å². The van der Waals surface area contributed by atoms with E-state index in [9.17, 15) is 0 Å². The number of hydrogen-bond donors (Lipinski definition) is 1. The van der Waals surface area contributed by atoms with Gasteiger partial charge in [-0.15, -0.1) is 0 Å². The quantitative estimate of drug-likeness (QED) is 0.771. The van der Waals surface area contributed by atoms with Gasteiger partial charge in [-0.25, -0.2) is 0 Å². The second-order valence-electron chi connectivity index (χ2n) is 3.94. The molecule has 0 saturated heterocycles. The molecule has 0 bridgehead atoms. The molecule has 94 valence electrons. The Labute approximate surface area is 112 Å². The summed E-state index contributed by atoms with van der Waals surface area (Å²) in [7, 11) is 0. The van der Waals surface area contributed by atoms with Crippen LogP contribution in [0.4, 0.5) is 0 Å². The third kappa shape index (κ3) is 4.92. The van der Waals surface area contributed by atoms with Crippen molar-refractivity contribution in [1.29, 1.82) is 0 Å². The molecule has 0 unspecified atom stereocenters. The maximum Gasteiger partial charge on any atom is 0.133 e. The molecular formula is C14H20BrNO. The van der Waals surface area contributed by atoms with Crippen LogP contribution in [0.2, 0.25) is 0 Å². The first-order chi connectivity index (χ1) is 8.17. The van der Waals surface area contributed by atoms with Crippen molar-refractivity contribution in [2.45, 2.75) is 26.8 Å². The van der Waals surface area contributed by atoms with Gasteiger partial charge in [0.05, 0.1) is 4.47 Å². The highest BCUT2D eigenvalue weighted by Gasteiger charge is 2.03. The summed E-state index contributed by atoms with van der Waals surface area (Å²) in [6.07, 6.45) is 0.954. The summed E-state index contributed by atoms with van der Waals surface area (Å²) in [5.41, 5.74) is 2.36. The molecule has 3 heteroatoms. The molecule has 1 aromatic carbocycles. The second kappa shape index (κ2) is 7.51. The lowest BCUT2D eigenvalue weighted by Crippen LogP contribution is -2.11. The average molecular weight is 298 g/mol. The van der Waals surface area contributed by atoms with Gasteiger partial charge in [0.2, 0.25) is 0 Å². The van der Waals surface area contributed by atoms with Crippen LogP contribution in [-0.2, 0) is 6.54 Å². The van der Waals surface area contributed by atoms with Crippen molar-refractivity contribution < 1.29 is 4.74 Å². The van der Waals surface area contributed by atoms with E-state index in [2.05, 4.69) is 53.8 Å². The topological polar surface area (TPSA) is 21.3 Å². The first-order valence-electron chi connectivity index (χ1n) is 5.96. The minimum Gasteiger partial charge on any atom is -0.488 e. The maximum atomic E-state index is 5.68. The molecule has 17 heavy (non-hydrogen) atoms. The van der Waals surface area contributed by atoms with Crippen LogP contribution in [0.1, 0.15) is 25.8 Å². The molecule has 0 aliphatic heterocycles. The summed E-state index contributed by atoms with van der Waals surface area (Å²) in [6.45, 7) is 10.6. The van der Waals surface area contributed by atoms with E-state index in [1.807, 2.05) is 6.07 Å². The molecule has 2 nitrogen and oxygen atoms in total. The molecule has 0 amide bonds. The fraction of sp³-hybridized carbons (Fsp3) is 0.429. The molecule has 0 spiro atoms. The van der Waals surface area contributed by atoms with E-state index in [4.69, 9.17) is 4.74 Å². The minimum absolute atomic E-state index is 0.585. The maximum absolute atomic E-state index is 5.68. The predicted octanol–water partition coefficient (Wildman–Crippen LogP) is 3.90. The molecule has 1 N–H and O–H groups in total. The number of halogens is 1. The van der Waals surface area contributed by atoms with Gasteiger partial charge in [0, 0.05) is 6.54 Å². The van der Waals surface area contributed by atoms with Crippen LogP contribution in [0.3, 0.4) is 0 Å². The zero-order chi connectivity index (χ0) is 12.7. The van der Waals surface area contributed by atoms with Crippen molar-refractivity contribution in [2.24, 2.45) is 0 Å². The number of ether oxygens (including phenoxy) is 1. The van der Waals surface area contributed by atoms with E-state index in [-0.39, 0.29) is 0 Å². The lowest BCUT2D eigenvalue weighted by atomic mass is 10.2. The Bertz CT molecular complexity index is 376. The number of hydrogen-bond acceptors (Lipinski definition) is 2. The summed E-state index contributed by atoms with van der Waals surface area (Å²) in [4.78, 5) is 0. The first kappa shape index (κ1) is 14.3. The van der Waals surface area contributed by atoms with Crippen molar-refractivity contribution in [3.05, 3.63) is 40.4 Å². The summed E-state index contributed by atoms with van der Waals surface area (Å²) in [5, 5.41) is 3.29. The molecule has 0 saturated carbocycles. The number of rotatable bonds is 7. The largest absolute Gasteiger partial charge is 0.488 e. The van der Waals surface area contributed by atoms with E-state index >= 15 is 0 Å². The monoisotopic (exact) mass is 297 g/mol. The second-order valence-corrected chi connectivity index (χ2v) is 4.79. The lowest BCUT2D eigenvalue weighted by molar-refractivity contribution is 0.347. The molecule has 0 fully saturated rings. The SMILES string of the molecule is C=C(CC)COc1ccc(CNCC)cc1Br. The van der Waals surface area contributed by atoms with E-state index < -0.39 is 0 Å². The highest BCUT2D eigenvalue weighted by atomic mass is 79.9. The van der Waals surface area contributed by atoms with Crippen molar-refractivity contribution in [3.8, 4) is 5.75 Å². The Morgan fingerprint density at radius 1 is 1.41 bits per heavy atom. The summed E-state index contributed by atoms with van der Waals surface area (Å²) in [6, 6.07) is 6.17. The molecule has 0 aliphatic rings. The number of nitrogens with one attached hydrogen (secondary N) is 1. The van der Waals surface area contributed by atoms with Gasteiger partial charge in [0.15, 0.2) is 0 Å². The van der Waals surface area contributed by atoms with Crippen LogP contribution in [0.25, 0.3) is 0 Å². The van der Waals surface area contributed by atoms with Crippen molar-refractivity contribution in [1.82, 2.24) is 5.32 Å². The Morgan fingerprint density at radius 2 is 2.18 bits per heavy atom. The fourth-order valence-corrected chi connectivity index (χ4v) is 1.86. The van der Waals surface area contributed by atoms with Gasteiger partial charge in [-0.05, 0) is 52.2 Å². The van der Waals surface area contributed by atoms with Gasteiger partial charge in [0.1, 0.15) is 12.4 Å². The Balaban J connectivity index is 2.59. The van der Waals surface area contributed by atoms with E-state index in [0.29, 0.717) is 6.61 Å². The Kier molecular flexibility index (Phi) is 6.30. The van der Waals surface area contributed by atoms with Gasteiger partial charge in [-0.3, -0.25) is 0 Å². The van der Waals surface area contributed by atoms with Crippen LogP contribution in [0, 0.1) is 0 Å². The highest BCUT2D eigenvalue weighted by molar-refractivity contribution is 9.10. The molecule has 0 aliphatic carbocycles. The average Bonchev–Trinajstić information content (AvgIpc) is 2.34. The zero-order valence-electron chi connectivity index (χ0n) is 10.6. The van der Waals surface area contributed by atoms with Crippen molar-refractivity contribution in [3.63, 3.8) is 0 Å². The van der Waals surface area contributed by atoms with E-state index in [1.54, 1.807) is 0 Å². The third-order valence-corrected chi connectivity index (χ3v) is 3.13. The van der Waals surface area contributed by atoms with Gasteiger partial charge in [-0.1, -0.05) is 26.5 Å². The molecule has 0 atom stereocenters. The molecular weight excluding hydrogens is 278 g/mol. The fourth-order valence-electron chi connectivity index (χ4n) is 1.32. The summed E-state index contributed by atoms with van der Waals surface area (Å²) in [5.74, 6) is 0.875. The molecule has 0 heterocycles. The number of benzene rings is 1. The highest BCUT2D eigenvalue weighted by Crippen LogP contribution is 2.26. The normalized spacial score (nSPS) is 10.3. The van der Waals surface area contributed by atoms with Crippen molar-refractivity contribution >= 4 is 15.9 Å². The lowest BCUT2D eigenvalue weighted by Gasteiger charge is -2.10.